The lowest BCUT2D eigenvalue weighted by atomic mass is 9.87. The van der Waals surface area contributed by atoms with Gasteiger partial charge in [-0.05, 0) is 35.2 Å². The molecule has 0 aliphatic carbocycles. The summed E-state index contributed by atoms with van der Waals surface area (Å²) < 4.78 is 9.10. The molecule has 0 bridgehead atoms. The number of ether oxygens (including phenoxy) is 1. The maximum absolute atomic E-state index is 12.5. The Bertz CT molecular complexity index is 934. The molecule has 0 N–H and O–H groups in total. The van der Waals surface area contributed by atoms with E-state index in [1.54, 1.807) is 33.6 Å². The van der Waals surface area contributed by atoms with Crippen molar-refractivity contribution < 1.29 is 9.53 Å². The average Bonchev–Trinajstić information content (AvgIpc) is 3.28. The Morgan fingerprint density at radius 1 is 1.07 bits per heavy atom. The van der Waals surface area contributed by atoms with Gasteiger partial charge in [0, 0.05) is 26.5 Å². The Morgan fingerprint density at radius 3 is 2.39 bits per heavy atom. The van der Waals surface area contributed by atoms with Crippen LogP contribution in [0.3, 0.4) is 0 Å². The van der Waals surface area contributed by atoms with Gasteiger partial charge in [-0.25, -0.2) is 4.68 Å². The molecule has 0 spiro atoms. The van der Waals surface area contributed by atoms with Gasteiger partial charge >= 0.3 is 0 Å². The summed E-state index contributed by atoms with van der Waals surface area (Å²) in [6.45, 7) is 7.21. The van der Waals surface area contributed by atoms with Gasteiger partial charge in [0.05, 0.1) is 12.2 Å². The van der Waals surface area contributed by atoms with Crippen LogP contribution in [0.15, 0.2) is 48.8 Å². The van der Waals surface area contributed by atoms with Gasteiger partial charge in [0.2, 0.25) is 0 Å². The fourth-order valence-electron chi connectivity index (χ4n) is 2.80. The fourth-order valence-corrected chi connectivity index (χ4v) is 2.80. The summed E-state index contributed by atoms with van der Waals surface area (Å²) in [6, 6.07) is 11.6. The lowest BCUT2D eigenvalue weighted by Gasteiger charge is -2.19. The van der Waals surface area contributed by atoms with E-state index in [1.807, 2.05) is 31.4 Å². The van der Waals surface area contributed by atoms with Crippen LogP contribution >= 0.6 is 0 Å². The molecule has 3 aromatic rings. The zero-order valence-electron chi connectivity index (χ0n) is 17.1. The number of nitrogens with zero attached hydrogens (tertiary/aromatic N) is 5. The van der Waals surface area contributed by atoms with Gasteiger partial charge in [-0.2, -0.15) is 10.2 Å². The first kappa shape index (κ1) is 19.7. The van der Waals surface area contributed by atoms with Gasteiger partial charge < -0.3 is 9.64 Å². The van der Waals surface area contributed by atoms with E-state index in [-0.39, 0.29) is 18.1 Å². The van der Waals surface area contributed by atoms with Crippen molar-refractivity contribution in [1.82, 2.24) is 24.5 Å². The molecule has 0 aliphatic heterocycles. The Morgan fingerprint density at radius 2 is 1.79 bits per heavy atom. The van der Waals surface area contributed by atoms with Crippen LogP contribution in [0.25, 0.3) is 0 Å². The molecule has 3 rings (SSSR count). The largest absolute Gasteiger partial charge is 0.471 e. The second kappa shape index (κ2) is 7.88. The highest BCUT2D eigenvalue weighted by atomic mass is 16.5. The standard InChI is InChI=1S/C21H27N5O2/c1-21(2,3)16-6-8-18(9-7-16)28-15-26-13-11-19(23-26)20(27)24(4)14-17-10-12-25(5)22-17/h6-13H,14-15H2,1-5H3. The molecular weight excluding hydrogens is 354 g/mol. The number of benzene rings is 1. The minimum Gasteiger partial charge on any atom is -0.471 e. The zero-order valence-corrected chi connectivity index (χ0v) is 17.1. The Hall–Kier alpha value is -3.09. The lowest BCUT2D eigenvalue weighted by Crippen LogP contribution is -2.27. The SMILES string of the molecule is CN(Cc1ccn(C)n1)C(=O)c1ccn(COc2ccc(C(C)(C)C)cc2)n1. The van der Waals surface area contributed by atoms with E-state index in [0.29, 0.717) is 12.2 Å². The van der Waals surface area contributed by atoms with E-state index < -0.39 is 0 Å². The molecule has 1 amide bonds. The highest BCUT2D eigenvalue weighted by Crippen LogP contribution is 2.24. The second-order valence-electron chi connectivity index (χ2n) is 7.93. The van der Waals surface area contributed by atoms with E-state index in [9.17, 15) is 4.79 Å². The van der Waals surface area contributed by atoms with Crippen molar-refractivity contribution >= 4 is 5.91 Å². The van der Waals surface area contributed by atoms with Gasteiger partial charge in [0.15, 0.2) is 12.4 Å². The van der Waals surface area contributed by atoms with Crippen molar-refractivity contribution in [1.29, 1.82) is 0 Å². The van der Waals surface area contributed by atoms with Crippen LogP contribution in [-0.2, 0) is 25.7 Å². The molecule has 0 fully saturated rings. The third-order valence-corrected chi connectivity index (χ3v) is 4.46. The Kier molecular flexibility index (Phi) is 5.53. The number of hydrogen-bond donors (Lipinski definition) is 0. The highest BCUT2D eigenvalue weighted by molar-refractivity contribution is 5.91. The van der Waals surface area contributed by atoms with E-state index >= 15 is 0 Å². The van der Waals surface area contributed by atoms with Crippen LogP contribution in [0, 0.1) is 0 Å². The summed E-state index contributed by atoms with van der Waals surface area (Å²) in [7, 11) is 3.59. The number of amides is 1. The van der Waals surface area contributed by atoms with Crippen LogP contribution < -0.4 is 4.74 Å². The molecule has 0 saturated heterocycles. The van der Waals surface area contributed by atoms with Crippen molar-refractivity contribution in [3.05, 3.63) is 65.7 Å². The van der Waals surface area contributed by atoms with Crippen LogP contribution in [-0.4, -0.2) is 37.4 Å². The molecule has 0 radical (unpaired) electrons. The number of hydrogen-bond acceptors (Lipinski definition) is 4. The van der Waals surface area contributed by atoms with Crippen LogP contribution in [0.4, 0.5) is 0 Å². The van der Waals surface area contributed by atoms with Crippen LogP contribution in [0.1, 0.15) is 42.5 Å². The number of aromatic nitrogens is 4. The molecule has 0 saturated carbocycles. The molecule has 2 heterocycles. The third-order valence-electron chi connectivity index (χ3n) is 4.46. The van der Waals surface area contributed by atoms with Crippen molar-refractivity contribution in [3.63, 3.8) is 0 Å². The summed E-state index contributed by atoms with van der Waals surface area (Å²) in [5, 5.41) is 8.62. The van der Waals surface area contributed by atoms with Crippen LogP contribution in [0.2, 0.25) is 0 Å². The first-order valence-corrected chi connectivity index (χ1v) is 9.23. The monoisotopic (exact) mass is 381 g/mol. The second-order valence-corrected chi connectivity index (χ2v) is 7.93. The maximum atomic E-state index is 12.5. The first-order valence-electron chi connectivity index (χ1n) is 9.23. The van der Waals surface area contributed by atoms with E-state index in [0.717, 1.165) is 11.4 Å². The molecule has 148 valence electrons. The smallest absolute Gasteiger partial charge is 0.274 e. The summed E-state index contributed by atoms with van der Waals surface area (Å²) in [5.41, 5.74) is 2.57. The van der Waals surface area contributed by atoms with Gasteiger partial charge in [0.1, 0.15) is 5.75 Å². The molecule has 0 atom stereocenters. The quantitative estimate of drug-likeness (QED) is 0.658. The van der Waals surface area contributed by atoms with E-state index in [1.165, 1.54) is 5.56 Å². The average molecular weight is 381 g/mol. The van der Waals surface area contributed by atoms with E-state index in [2.05, 4.69) is 43.1 Å². The molecular formula is C21H27N5O2. The minimum atomic E-state index is -0.154. The summed E-state index contributed by atoms with van der Waals surface area (Å²) >= 11 is 0. The molecule has 7 nitrogen and oxygen atoms in total. The molecule has 0 unspecified atom stereocenters. The van der Waals surface area contributed by atoms with Gasteiger partial charge in [-0.1, -0.05) is 32.9 Å². The topological polar surface area (TPSA) is 65.2 Å². The summed E-state index contributed by atoms with van der Waals surface area (Å²) in [4.78, 5) is 14.1. The molecule has 0 aliphatic rings. The Balaban J connectivity index is 1.56. The number of carbonyl (C=O) groups is 1. The van der Waals surface area contributed by atoms with Crippen molar-refractivity contribution in [3.8, 4) is 5.75 Å². The predicted octanol–water partition coefficient (Wildman–Crippen LogP) is 3.22. The third kappa shape index (κ3) is 4.79. The van der Waals surface area contributed by atoms with Gasteiger partial charge in [0.25, 0.3) is 5.91 Å². The van der Waals surface area contributed by atoms with E-state index in [4.69, 9.17) is 4.74 Å². The summed E-state index contributed by atoms with van der Waals surface area (Å²) in [6.07, 6.45) is 3.60. The minimum absolute atomic E-state index is 0.108. The number of aryl methyl sites for hydroxylation is 1. The summed E-state index contributed by atoms with van der Waals surface area (Å²) in [5.74, 6) is 0.613. The molecule has 2 aromatic heterocycles. The first-order chi connectivity index (χ1) is 13.2. The highest BCUT2D eigenvalue weighted by Gasteiger charge is 2.16. The Labute approximate surface area is 165 Å². The number of rotatable bonds is 6. The molecule has 28 heavy (non-hydrogen) atoms. The van der Waals surface area contributed by atoms with Crippen molar-refractivity contribution in [2.24, 2.45) is 7.05 Å². The van der Waals surface area contributed by atoms with Gasteiger partial charge in [-0.3, -0.25) is 9.48 Å². The van der Waals surface area contributed by atoms with Crippen molar-refractivity contribution in [2.75, 3.05) is 7.05 Å². The van der Waals surface area contributed by atoms with Crippen molar-refractivity contribution in [2.45, 2.75) is 39.5 Å². The lowest BCUT2D eigenvalue weighted by molar-refractivity contribution is 0.0775. The molecule has 7 heteroatoms. The van der Waals surface area contributed by atoms with Crippen LogP contribution in [0.5, 0.6) is 5.75 Å². The predicted molar refractivity (Wildman–Crippen MR) is 107 cm³/mol. The van der Waals surface area contributed by atoms with Gasteiger partial charge in [-0.15, -0.1) is 0 Å². The molecule has 1 aromatic carbocycles. The number of carbonyl (C=O) groups excluding carboxylic acids is 1. The normalized spacial score (nSPS) is 11.5. The zero-order chi connectivity index (χ0) is 20.3. The fraction of sp³-hybridized carbons (Fsp3) is 0.381. The maximum Gasteiger partial charge on any atom is 0.274 e.